The highest BCUT2D eigenvalue weighted by atomic mass is 19.2. The summed E-state index contributed by atoms with van der Waals surface area (Å²) >= 11 is 0. The second-order valence-corrected chi connectivity index (χ2v) is 5.54. The lowest BCUT2D eigenvalue weighted by molar-refractivity contribution is 0.0246. The molecule has 0 heterocycles. The summed E-state index contributed by atoms with van der Waals surface area (Å²) in [5, 5.41) is 12.8. The third-order valence-electron chi connectivity index (χ3n) is 3.89. The molecule has 2 rings (SSSR count). The highest BCUT2D eigenvalue weighted by Crippen LogP contribution is 2.26. The molecule has 2 N–H and O–H groups in total. The molecule has 0 unspecified atom stereocenters. The van der Waals surface area contributed by atoms with Crippen molar-refractivity contribution >= 4 is 5.91 Å². The lowest BCUT2D eigenvalue weighted by Gasteiger charge is -2.26. The predicted octanol–water partition coefficient (Wildman–Crippen LogP) is 2.92. The molecule has 1 aliphatic carbocycles. The van der Waals surface area contributed by atoms with E-state index < -0.39 is 34.5 Å². The van der Waals surface area contributed by atoms with E-state index in [4.69, 9.17) is 0 Å². The maximum Gasteiger partial charge on any atom is 0.254 e. The van der Waals surface area contributed by atoms with E-state index >= 15 is 0 Å². The van der Waals surface area contributed by atoms with Crippen LogP contribution in [0.4, 0.5) is 13.2 Å². The number of halogens is 3. The third-order valence-corrected chi connectivity index (χ3v) is 3.89. The number of amides is 1. The van der Waals surface area contributed by atoms with Gasteiger partial charge in [0.1, 0.15) is 0 Å². The quantitative estimate of drug-likeness (QED) is 0.666. The standard InChI is InChI=1S/C15H18F3NO2/c16-11-6-5-10(12(17)13(11)18)14(20)19-9-15(21)7-3-1-2-4-8-15/h5-6,21H,1-4,7-9H2,(H,19,20). The van der Waals surface area contributed by atoms with Crippen molar-refractivity contribution in [3.05, 3.63) is 35.1 Å². The predicted molar refractivity (Wildman–Crippen MR) is 71.3 cm³/mol. The Morgan fingerprint density at radius 1 is 1.10 bits per heavy atom. The fourth-order valence-corrected chi connectivity index (χ4v) is 2.60. The van der Waals surface area contributed by atoms with Crippen molar-refractivity contribution in [1.82, 2.24) is 5.32 Å². The van der Waals surface area contributed by atoms with Crippen LogP contribution in [0.1, 0.15) is 48.9 Å². The van der Waals surface area contributed by atoms with Crippen LogP contribution in [0.25, 0.3) is 0 Å². The first-order valence-electron chi connectivity index (χ1n) is 7.07. The van der Waals surface area contributed by atoms with Crippen LogP contribution in [0.2, 0.25) is 0 Å². The van der Waals surface area contributed by atoms with Crippen molar-refractivity contribution in [2.45, 2.75) is 44.1 Å². The summed E-state index contributed by atoms with van der Waals surface area (Å²) < 4.78 is 39.4. The molecular weight excluding hydrogens is 283 g/mol. The van der Waals surface area contributed by atoms with E-state index in [0.717, 1.165) is 31.7 Å². The SMILES string of the molecule is O=C(NCC1(O)CCCCCC1)c1ccc(F)c(F)c1F. The van der Waals surface area contributed by atoms with E-state index in [0.29, 0.717) is 18.9 Å². The normalized spacial score (nSPS) is 18.1. The lowest BCUT2D eigenvalue weighted by Crippen LogP contribution is -2.42. The molecule has 0 bridgehead atoms. The van der Waals surface area contributed by atoms with Crippen LogP contribution in [0.15, 0.2) is 12.1 Å². The van der Waals surface area contributed by atoms with E-state index in [2.05, 4.69) is 5.32 Å². The topological polar surface area (TPSA) is 49.3 Å². The van der Waals surface area contributed by atoms with Crippen LogP contribution >= 0.6 is 0 Å². The molecule has 1 amide bonds. The zero-order chi connectivity index (χ0) is 15.5. The second kappa shape index (κ2) is 6.47. The van der Waals surface area contributed by atoms with Crippen molar-refractivity contribution in [2.24, 2.45) is 0 Å². The number of aliphatic hydroxyl groups is 1. The first-order valence-corrected chi connectivity index (χ1v) is 7.07. The molecule has 1 aromatic carbocycles. The van der Waals surface area contributed by atoms with Crippen LogP contribution < -0.4 is 5.32 Å². The van der Waals surface area contributed by atoms with Gasteiger partial charge in [0.25, 0.3) is 5.91 Å². The molecule has 3 nitrogen and oxygen atoms in total. The fourth-order valence-electron chi connectivity index (χ4n) is 2.60. The van der Waals surface area contributed by atoms with Gasteiger partial charge < -0.3 is 10.4 Å². The van der Waals surface area contributed by atoms with Crippen LogP contribution in [-0.4, -0.2) is 23.2 Å². The lowest BCUT2D eigenvalue weighted by atomic mass is 9.94. The van der Waals surface area contributed by atoms with Crippen molar-refractivity contribution < 1.29 is 23.1 Å². The minimum Gasteiger partial charge on any atom is -0.388 e. The van der Waals surface area contributed by atoms with E-state index in [1.807, 2.05) is 0 Å². The van der Waals surface area contributed by atoms with Crippen LogP contribution in [0.5, 0.6) is 0 Å². The molecular formula is C15H18F3NO2. The van der Waals surface area contributed by atoms with E-state index in [1.165, 1.54) is 0 Å². The number of hydrogen-bond donors (Lipinski definition) is 2. The summed E-state index contributed by atoms with van der Waals surface area (Å²) in [5.74, 6) is -5.38. The monoisotopic (exact) mass is 301 g/mol. The zero-order valence-corrected chi connectivity index (χ0v) is 11.6. The van der Waals surface area contributed by atoms with Gasteiger partial charge >= 0.3 is 0 Å². The number of rotatable bonds is 3. The fraction of sp³-hybridized carbons (Fsp3) is 0.533. The zero-order valence-electron chi connectivity index (χ0n) is 11.6. The first-order chi connectivity index (χ1) is 9.93. The average Bonchev–Trinajstić information content (AvgIpc) is 2.68. The third kappa shape index (κ3) is 3.75. The highest BCUT2D eigenvalue weighted by Gasteiger charge is 2.29. The molecule has 0 aliphatic heterocycles. The first kappa shape index (κ1) is 15.8. The molecule has 1 aromatic rings. The molecule has 1 aliphatic rings. The summed E-state index contributed by atoms with van der Waals surface area (Å²) in [6, 6.07) is 1.59. The van der Waals surface area contributed by atoms with Gasteiger partial charge in [0.05, 0.1) is 11.2 Å². The Kier molecular flexibility index (Phi) is 4.88. The number of hydrogen-bond acceptors (Lipinski definition) is 2. The maximum absolute atomic E-state index is 13.5. The largest absolute Gasteiger partial charge is 0.388 e. The highest BCUT2D eigenvalue weighted by molar-refractivity contribution is 5.94. The Morgan fingerprint density at radius 3 is 2.33 bits per heavy atom. The Labute approximate surface area is 121 Å². The molecule has 0 spiro atoms. The number of nitrogens with one attached hydrogen (secondary N) is 1. The molecule has 0 radical (unpaired) electrons. The Hall–Kier alpha value is -1.56. The second-order valence-electron chi connectivity index (χ2n) is 5.54. The summed E-state index contributed by atoms with van der Waals surface area (Å²) in [7, 11) is 0. The van der Waals surface area contributed by atoms with Gasteiger partial charge in [0.15, 0.2) is 17.5 Å². The number of carbonyl (C=O) groups excluding carboxylic acids is 1. The van der Waals surface area contributed by atoms with Gasteiger partial charge in [0, 0.05) is 6.54 Å². The number of carbonyl (C=O) groups is 1. The van der Waals surface area contributed by atoms with Crippen LogP contribution in [0.3, 0.4) is 0 Å². The van der Waals surface area contributed by atoms with Crippen LogP contribution in [-0.2, 0) is 0 Å². The Balaban J connectivity index is 2.03. The van der Waals surface area contributed by atoms with Gasteiger partial charge in [-0.15, -0.1) is 0 Å². The summed E-state index contributed by atoms with van der Waals surface area (Å²) in [4.78, 5) is 11.8. The van der Waals surface area contributed by atoms with Crippen molar-refractivity contribution in [2.75, 3.05) is 6.54 Å². The van der Waals surface area contributed by atoms with Gasteiger partial charge in [-0.1, -0.05) is 25.7 Å². The molecule has 21 heavy (non-hydrogen) atoms. The van der Waals surface area contributed by atoms with Gasteiger partial charge in [-0.3, -0.25) is 4.79 Å². The molecule has 6 heteroatoms. The van der Waals surface area contributed by atoms with Gasteiger partial charge in [-0.25, -0.2) is 13.2 Å². The van der Waals surface area contributed by atoms with Gasteiger partial charge in [0.2, 0.25) is 0 Å². The van der Waals surface area contributed by atoms with Crippen molar-refractivity contribution in [1.29, 1.82) is 0 Å². The van der Waals surface area contributed by atoms with Crippen molar-refractivity contribution in [3.63, 3.8) is 0 Å². The van der Waals surface area contributed by atoms with Gasteiger partial charge in [-0.05, 0) is 25.0 Å². The Bertz CT molecular complexity index is 526. The molecule has 116 valence electrons. The maximum atomic E-state index is 13.5. The minimum atomic E-state index is -1.67. The van der Waals surface area contributed by atoms with E-state index in [9.17, 15) is 23.1 Å². The smallest absolute Gasteiger partial charge is 0.254 e. The molecule has 0 saturated heterocycles. The molecule has 1 fully saturated rings. The van der Waals surface area contributed by atoms with E-state index in [-0.39, 0.29) is 6.54 Å². The Morgan fingerprint density at radius 2 is 1.71 bits per heavy atom. The summed E-state index contributed by atoms with van der Waals surface area (Å²) in [6.07, 6.45) is 4.93. The van der Waals surface area contributed by atoms with Crippen LogP contribution in [0, 0.1) is 17.5 Å². The summed E-state index contributed by atoms with van der Waals surface area (Å²) in [5.41, 5.74) is -1.58. The summed E-state index contributed by atoms with van der Waals surface area (Å²) in [6.45, 7) is -0.0235. The average molecular weight is 301 g/mol. The molecule has 0 atom stereocenters. The minimum absolute atomic E-state index is 0.0235. The molecule has 1 saturated carbocycles. The molecule has 0 aromatic heterocycles. The number of benzene rings is 1. The van der Waals surface area contributed by atoms with Gasteiger partial charge in [-0.2, -0.15) is 0 Å². The van der Waals surface area contributed by atoms with E-state index in [1.54, 1.807) is 0 Å². The van der Waals surface area contributed by atoms with Crippen molar-refractivity contribution in [3.8, 4) is 0 Å².